The van der Waals surface area contributed by atoms with Crippen LogP contribution in [0.5, 0.6) is 0 Å². The minimum absolute atomic E-state index is 0.317. The maximum absolute atomic E-state index is 6.07. The average molecular weight is 276 g/mol. The first-order valence-electron chi connectivity index (χ1n) is 7.78. The van der Waals surface area contributed by atoms with Crippen LogP contribution < -0.4 is 5.73 Å². The molecule has 3 nitrogen and oxygen atoms in total. The van der Waals surface area contributed by atoms with Crippen molar-refractivity contribution in [2.45, 2.75) is 45.8 Å². The molecule has 1 aliphatic heterocycles. The fourth-order valence-electron chi connectivity index (χ4n) is 3.32. The zero-order valence-electron chi connectivity index (χ0n) is 13.1. The van der Waals surface area contributed by atoms with Crippen LogP contribution in [-0.2, 0) is 4.74 Å². The van der Waals surface area contributed by atoms with Crippen LogP contribution in [0, 0.1) is 13.8 Å². The fourth-order valence-corrected chi connectivity index (χ4v) is 3.32. The molecule has 3 heteroatoms. The number of likely N-dealkylation sites (tertiary alicyclic amines) is 1. The highest BCUT2D eigenvalue weighted by molar-refractivity contribution is 5.31. The number of ether oxygens (including phenoxy) is 1. The highest BCUT2D eigenvalue weighted by Gasteiger charge is 2.26. The molecule has 0 amide bonds. The molecule has 0 spiro atoms. The molecule has 1 aromatic carbocycles. The van der Waals surface area contributed by atoms with Crippen molar-refractivity contribution in [1.82, 2.24) is 4.90 Å². The van der Waals surface area contributed by atoms with E-state index in [0.29, 0.717) is 18.7 Å². The first kappa shape index (κ1) is 15.5. The van der Waals surface area contributed by atoms with Crippen LogP contribution >= 0.6 is 0 Å². The molecular formula is C17H28N2O. The van der Waals surface area contributed by atoms with Crippen molar-refractivity contribution in [3.8, 4) is 0 Å². The normalized spacial score (nSPS) is 21.9. The van der Waals surface area contributed by atoms with Crippen molar-refractivity contribution in [3.63, 3.8) is 0 Å². The lowest BCUT2D eigenvalue weighted by molar-refractivity contribution is -0.00660. The maximum Gasteiger partial charge on any atom is 0.0702 e. The molecule has 2 N–H and O–H groups in total. The molecule has 0 bridgehead atoms. The molecule has 0 saturated carbocycles. The first-order chi connectivity index (χ1) is 9.63. The molecule has 2 unspecified atom stereocenters. The Morgan fingerprint density at radius 1 is 1.30 bits per heavy atom. The van der Waals surface area contributed by atoms with E-state index < -0.39 is 0 Å². The van der Waals surface area contributed by atoms with Gasteiger partial charge in [0.05, 0.1) is 6.10 Å². The van der Waals surface area contributed by atoms with Crippen LogP contribution in [0.15, 0.2) is 18.2 Å². The van der Waals surface area contributed by atoms with Crippen molar-refractivity contribution >= 4 is 0 Å². The smallest absolute Gasteiger partial charge is 0.0702 e. The second-order valence-electron chi connectivity index (χ2n) is 5.89. The summed E-state index contributed by atoms with van der Waals surface area (Å²) in [6, 6.07) is 7.08. The molecule has 1 aromatic rings. The van der Waals surface area contributed by atoms with Crippen LogP contribution in [0.25, 0.3) is 0 Å². The third kappa shape index (κ3) is 3.81. The summed E-state index contributed by atoms with van der Waals surface area (Å²) in [7, 11) is 0. The van der Waals surface area contributed by atoms with Crippen LogP contribution in [-0.4, -0.2) is 37.2 Å². The minimum Gasteiger partial charge on any atom is -0.377 e. The first-order valence-corrected chi connectivity index (χ1v) is 7.78. The molecule has 1 aliphatic rings. The molecule has 20 heavy (non-hydrogen) atoms. The number of hydrogen-bond donors (Lipinski definition) is 1. The summed E-state index contributed by atoms with van der Waals surface area (Å²) >= 11 is 0. The molecule has 0 aromatic heterocycles. The molecule has 0 aliphatic carbocycles. The van der Waals surface area contributed by atoms with E-state index in [0.717, 1.165) is 19.7 Å². The Bertz CT molecular complexity index is 411. The second-order valence-corrected chi connectivity index (χ2v) is 5.89. The summed E-state index contributed by atoms with van der Waals surface area (Å²) in [4.78, 5) is 2.50. The Labute approximate surface area is 123 Å². The summed E-state index contributed by atoms with van der Waals surface area (Å²) < 4.78 is 5.81. The van der Waals surface area contributed by atoms with Crippen LogP contribution in [0.2, 0.25) is 0 Å². The summed E-state index contributed by atoms with van der Waals surface area (Å²) in [5.41, 5.74) is 10.1. The van der Waals surface area contributed by atoms with Crippen molar-refractivity contribution in [1.29, 1.82) is 0 Å². The zero-order chi connectivity index (χ0) is 14.5. The number of piperidine rings is 1. The Hall–Kier alpha value is -0.900. The van der Waals surface area contributed by atoms with Gasteiger partial charge in [0.2, 0.25) is 0 Å². The number of rotatable bonds is 5. The van der Waals surface area contributed by atoms with Gasteiger partial charge in [0, 0.05) is 25.7 Å². The Balaban J connectivity index is 2.14. The van der Waals surface area contributed by atoms with E-state index in [9.17, 15) is 0 Å². The van der Waals surface area contributed by atoms with Gasteiger partial charge >= 0.3 is 0 Å². The van der Waals surface area contributed by atoms with E-state index in [2.05, 4.69) is 43.9 Å². The Morgan fingerprint density at radius 3 is 2.60 bits per heavy atom. The third-order valence-electron chi connectivity index (χ3n) is 4.10. The third-order valence-corrected chi connectivity index (χ3v) is 4.10. The van der Waals surface area contributed by atoms with E-state index >= 15 is 0 Å². The highest BCUT2D eigenvalue weighted by Crippen LogP contribution is 2.26. The Morgan fingerprint density at radius 2 is 2.00 bits per heavy atom. The molecule has 1 saturated heterocycles. The number of nitrogens with two attached hydrogens (primary N) is 1. The van der Waals surface area contributed by atoms with Crippen molar-refractivity contribution in [2.24, 2.45) is 5.73 Å². The van der Waals surface area contributed by atoms with E-state index in [-0.39, 0.29) is 0 Å². The van der Waals surface area contributed by atoms with E-state index in [1.165, 1.54) is 29.5 Å². The lowest BCUT2D eigenvalue weighted by Crippen LogP contribution is -2.44. The molecule has 2 atom stereocenters. The standard InChI is InChI=1S/C17H28N2O/c1-4-20-16-6-5-7-19(12-16)17(11-18)15-9-13(2)8-14(3)10-15/h8-10,16-17H,4-7,11-12,18H2,1-3H3. The minimum atomic E-state index is 0.317. The Kier molecular flexibility index (Phi) is 5.58. The second kappa shape index (κ2) is 7.21. The van der Waals surface area contributed by atoms with Gasteiger partial charge in [-0.25, -0.2) is 0 Å². The maximum atomic E-state index is 6.07. The van der Waals surface area contributed by atoms with Crippen LogP contribution in [0.4, 0.5) is 0 Å². The van der Waals surface area contributed by atoms with Crippen molar-refractivity contribution in [3.05, 3.63) is 34.9 Å². The molecule has 112 valence electrons. The van der Waals surface area contributed by atoms with Gasteiger partial charge < -0.3 is 10.5 Å². The van der Waals surface area contributed by atoms with Gasteiger partial charge in [-0.15, -0.1) is 0 Å². The highest BCUT2D eigenvalue weighted by atomic mass is 16.5. The number of hydrogen-bond acceptors (Lipinski definition) is 3. The topological polar surface area (TPSA) is 38.5 Å². The predicted molar refractivity (Wildman–Crippen MR) is 83.9 cm³/mol. The summed E-state index contributed by atoms with van der Waals surface area (Å²) in [6.07, 6.45) is 2.74. The largest absolute Gasteiger partial charge is 0.377 e. The predicted octanol–water partition coefficient (Wildman–Crippen LogP) is 2.80. The van der Waals surface area contributed by atoms with Gasteiger partial charge in [0.15, 0.2) is 0 Å². The zero-order valence-corrected chi connectivity index (χ0v) is 13.1. The summed E-state index contributed by atoms with van der Waals surface area (Å²) in [5, 5.41) is 0. The van der Waals surface area contributed by atoms with Gasteiger partial charge in [0.1, 0.15) is 0 Å². The number of aryl methyl sites for hydroxylation is 2. The molecular weight excluding hydrogens is 248 g/mol. The van der Waals surface area contributed by atoms with Crippen molar-refractivity contribution in [2.75, 3.05) is 26.2 Å². The van der Waals surface area contributed by atoms with Gasteiger partial charge in [0.25, 0.3) is 0 Å². The lowest BCUT2D eigenvalue weighted by atomic mass is 9.97. The summed E-state index contributed by atoms with van der Waals surface area (Å²) in [6.45, 7) is 9.98. The SMILES string of the molecule is CCOC1CCCN(C(CN)c2cc(C)cc(C)c2)C1. The average Bonchev–Trinajstić information content (AvgIpc) is 2.39. The number of benzene rings is 1. The van der Waals surface area contributed by atoms with Gasteiger partial charge in [-0.3, -0.25) is 4.90 Å². The van der Waals surface area contributed by atoms with Gasteiger partial charge in [-0.2, -0.15) is 0 Å². The fraction of sp³-hybridized carbons (Fsp3) is 0.647. The van der Waals surface area contributed by atoms with Gasteiger partial charge in [-0.05, 0) is 45.7 Å². The molecule has 1 fully saturated rings. The van der Waals surface area contributed by atoms with Crippen LogP contribution in [0.3, 0.4) is 0 Å². The molecule has 2 rings (SSSR count). The quantitative estimate of drug-likeness (QED) is 0.898. The molecule has 1 heterocycles. The monoisotopic (exact) mass is 276 g/mol. The van der Waals surface area contributed by atoms with Gasteiger partial charge in [-0.1, -0.05) is 29.3 Å². The number of nitrogens with zero attached hydrogens (tertiary/aromatic N) is 1. The van der Waals surface area contributed by atoms with Crippen LogP contribution in [0.1, 0.15) is 42.5 Å². The lowest BCUT2D eigenvalue weighted by Gasteiger charge is -2.38. The molecule has 0 radical (unpaired) electrons. The van der Waals surface area contributed by atoms with Crippen molar-refractivity contribution < 1.29 is 4.74 Å². The van der Waals surface area contributed by atoms with E-state index in [4.69, 9.17) is 10.5 Å². The van der Waals surface area contributed by atoms with E-state index in [1.54, 1.807) is 0 Å². The van der Waals surface area contributed by atoms with E-state index in [1.807, 2.05) is 0 Å². The summed E-state index contributed by atoms with van der Waals surface area (Å²) in [5.74, 6) is 0.